The van der Waals surface area contributed by atoms with Gasteiger partial charge in [-0.1, -0.05) is 18.2 Å². The van der Waals surface area contributed by atoms with Crippen molar-refractivity contribution in [3.05, 3.63) is 54.6 Å². The summed E-state index contributed by atoms with van der Waals surface area (Å²) in [6.07, 6.45) is 4.85. The van der Waals surface area contributed by atoms with Crippen LogP contribution >= 0.6 is 0 Å². The molecule has 0 aliphatic carbocycles. The van der Waals surface area contributed by atoms with Crippen LogP contribution in [-0.2, 0) is 4.74 Å². The minimum atomic E-state index is -0.515. The lowest BCUT2D eigenvalue weighted by Gasteiger charge is -2.41. The van der Waals surface area contributed by atoms with Crippen LogP contribution < -0.4 is 4.74 Å². The number of rotatable bonds is 5. The highest BCUT2D eigenvalue weighted by molar-refractivity contribution is 5.90. The molecule has 0 bridgehead atoms. The maximum Gasteiger partial charge on any atom is 0.291 e. The summed E-state index contributed by atoms with van der Waals surface area (Å²) in [5.74, 6) is 0.841. The molecule has 2 heterocycles. The van der Waals surface area contributed by atoms with Crippen LogP contribution in [0.5, 0.6) is 5.75 Å². The van der Waals surface area contributed by atoms with Crippen molar-refractivity contribution in [1.29, 1.82) is 0 Å². The van der Waals surface area contributed by atoms with E-state index in [1.54, 1.807) is 30.5 Å². The number of piperidine rings is 1. The number of para-hydroxylation sites is 1. The van der Waals surface area contributed by atoms with Gasteiger partial charge in [-0.3, -0.25) is 4.79 Å². The molecule has 0 saturated carbocycles. The molecule has 1 aromatic heterocycles. The molecule has 1 saturated heterocycles. The van der Waals surface area contributed by atoms with Crippen molar-refractivity contribution in [3.63, 3.8) is 0 Å². The highest BCUT2D eigenvalue weighted by Gasteiger charge is 2.39. The molecule has 0 radical (unpaired) electrons. The average Bonchev–Trinajstić information content (AvgIpc) is 2.67. The molecule has 0 unspecified atom stereocenters. The summed E-state index contributed by atoms with van der Waals surface area (Å²) in [4.78, 5) is 22.4. The first kappa shape index (κ1) is 16.4. The van der Waals surface area contributed by atoms with Crippen molar-refractivity contribution < 1.29 is 14.3 Å². The standard InChI is InChI=1S/C18H21N3O3/c1-23-18(14-24-15-7-3-2-4-8-15)9-5-12-21(13-18)17(22)16-19-10-6-11-20-16/h2-4,6-8,10-11H,5,9,12-14H2,1H3/t18-/m0/s1. The van der Waals surface area contributed by atoms with Gasteiger partial charge in [-0.25, -0.2) is 9.97 Å². The van der Waals surface area contributed by atoms with E-state index in [2.05, 4.69) is 9.97 Å². The monoisotopic (exact) mass is 327 g/mol. The van der Waals surface area contributed by atoms with Gasteiger partial charge in [0.1, 0.15) is 18.0 Å². The molecule has 1 fully saturated rings. The predicted molar refractivity (Wildman–Crippen MR) is 88.8 cm³/mol. The maximum atomic E-state index is 12.6. The van der Waals surface area contributed by atoms with Crippen LogP contribution in [-0.4, -0.2) is 53.2 Å². The number of ether oxygens (including phenoxy) is 2. The van der Waals surface area contributed by atoms with Crippen molar-refractivity contribution in [3.8, 4) is 5.75 Å². The van der Waals surface area contributed by atoms with Crippen LogP contribution in [0.3, 0.4) is 0 Å². The SMILES string of the molecule is CO[C@@]1(COc2ccccc2)CCCN(C(=O)c2ncccn2)C1. The Morgan fingerprint density at radius 2 is 1.96 bits per heavy atom. The molecule has 1 aromatic carbocycles. The van der Waals surface area contributed by atoms with Crippen LogP contribution in [0.1, 0.15) is 23.5 Å². The van der Waals surface area contributed by atoms with Crippen LogP contribution in [0.25, 0.3) is 0 Å². The van der Waals surface area contributed by atoms with Gasteiger partial charge >= 0.3 is 0 Å². The van der Waals surface area contributed by atoms with E-state index in [9.17, 15) is 4.79 Å². The highest BCUT2D eigenvalue weighted by Crippen LogP contribution is 2.26. The lowest BCUT2D eigenvalue weighted by molar-refractivity contribution is -0.0826. The molecule has 2 aromatic rings. The van der Waals surface area contributed by atoms with Gasteiger partial charge in [0.2, 0.25) is 5.82 Å². The number of hydrogen-bond acceptors (Lipinski definition) is 5. The third kappa shape index (κ3) is 3.71. The first-order valence-corrected chi connectivity index (χ1v) is 8.02. The zero-order valence-electron chi connectivity index (χ0n) is 13.7. The van der Waals surface area contributed by atoms with Crippen LogP contribution in [0.4, 0.5) is 0 Å². The Morgan fingerprint density at radius 1 is 1.21 bits per heavy atom. The van der Waals surface area contributed by atoms with Gasteiger partial charge in [0.05, 0.1) is 6.54 Å². The van der Waals surface area contributed by atoms with Crippen molar-refractivity contribution in [2.24, 2.45) is 0 Å². The normalized spacial score (nSPS) is 20.6. The second-order valence-corrected chi connectivity index (χ2v) is 5.89. The molecular weight excluding hydrogens is 306 g/mol. The summed E-state index contributed by atoms with van der Waals surface area (Å²) in [6, 6.07) is 11.3. The summed E-state index contributed by atoms with van der Waals surface area (Å²) < 4.78 is 11.6. The molecule has 126 valence electrons. The fourth-order valence-electron chi connectivity index (χ4n) is 2.90. The molecule has 1 amide bonds. The van der Waals surface area contributed by atoms with E-state index in [1.165, 1.54) is 0 Å². The van der Waals surface area contributed by atoms with E-state index in [0.717, 1.165) is 18.6 Å². The van der Waals surface area contributed by atoms with E-state index in [4.69, 9.17) is 9.47 Å². The molecule has 0 N–H and O–H groups in total. The van der Waals surface area contributed by atoms with Crippen molar-refractivity contribution >= 4 is 5.91 Å². The zero-order chi connectivity index (χ0) is 16.8. The molecule has 1 atom stereocenters. The van der Waals surface area contributed by atoms with Crippen molar-refractivity contribution in [1.82, 2.24) is 14.9 Å². The molecule has 3 rings (SSSR count). The Kier molecular flexibility index (Phi) is 5.05. The number of aromatic nitrogens is 2. The summed E-state index contributed by atoms with van der Waals surface area (Å²) in [5, 5.41) is 0. The minimum Gasteiger partial charge on any atom is -0.491 e. The molecule has 6 heteroatoms. The van der Waals surface area contributed by atoms with Crippen LogP contribution in [0.15, 0.2) is 48.8 Å². The van der Waals surface area contributed by atoms with E-state index in [0.29, 0.717) is 19.7 Å². The number of carbonyl (C=O) groups excluding carboxylic acids is 1. The smallest absolute Gasteiger partial charge is 0.291 e. The number of benzene rings is 1. The molecule has 6 nitrogen and oxygen atoms in total. The number of hydrogen-bond donors (Lipinski definition) is 0. The third-order valence-electron chi connectivity index (χ3n) is 4.26. The van der Waals surface area contributed by atoms with Gasteiger partial charge in [0.15, 0.2) is 0 Å². The third-order valence-corrected chi connectivity index (χ3v) is 4.26. The fraction of sp³-hybridized carbons (Fsp3) is 0.389. The number of methoxy groups -OCH3 is 1. The lowest BCUT2D eigenvalue weighted by Crippen LogP contribution is -2.54. The quantitative estimate of drug-likeness (QED) is 0.842. The fourth-order valence-corrected chi connectivity index (χ4v) is 2.90. The Hall–Kier alpha value is -2.47. The molecule has 1 aliphatic rings. The Labute approximate surface area is 141 Å². The Bertz CT molecular complexity index is 666. The first-order valence-electron chi connectivity index (χ1n) is 8.02. The number of nitrogens with zero attached hydrogens (tertiary/aromatic N) is 3. The van der Waals surface area contributed by atoms with E-state index in [1.807, 2.05) is 30.3 Å². The minimum absolute atomic E-state index is 0.170. The van der Waals surface area contributed by atoms with Gasteiger partial charge in [-0.05, 0) is 31.0 Å². The summed E-state index contributed by atoms with van der Waals surface area (Å²) in [5.41, 5.74) is -0.515. The van der Waals surface area contributed by atoms with Gasteiger partial charge in [-0.15, -0.1) is 0 Å². The average molecular weight is 327 g/mol. The summed E-state index contributed by atoms with van der Waals surface area (Å²) >= 11 is 0. The van der Waals surface area contributed by atoms with Gasteiger partial charge in [0.25, 0.3) is 5.91 Å². The van der Waals surface area contributed by atoms with Gasteiger partial charge in [-0.2, -0.15) is 0 Å². The zero-order valence-corrected chi connectivity index (χ0v) is 13.7. The summed E-state index contributed by atoms with van der Waals surface area (Å²) in [7, 11) is 1.67. The van der Waals surface area contributed by atoms with Crippen molar-refractivity contribution in [2.75, 3.05) is 26.8 Å². The second kappa shape index (κ2) is 7.40. The largest absolute Gasteiger partial charge is 0.491 e. The molecule has 0 spiro atoms. The lowest BCUT2D eigenvalue weighted by atomic mass is 9.93. The number of amides is 1. The van der Waals surface area contributed by atoms with Crippen LogP contribution in [0.2, 0.25) is 0 Å². The number of carbonyl (C=O) groups is 1. The van der Waals surface area contributed by atoms with E-state index in [-0.39, 0.29) is 11.7 Å². The second-order valence-electron chi connectivity index (χ2n) is 5.89. The molecule has 24 heavy (non-hydrogen) atoms. The molecular formula is C18H21N3O3. The van der Waals surface area contributed by atoms with E-state index < -0.39 is 5.60 Å². The molecule has 1 aliphatic heterocycles. The van der Waals surface area contributed by atoms with E-state index >= 15 is 0 Å². The van der Waals surface area contributed by atoms with Crippen LogP contribution in [0, 0.1) is 0 Å². The topological polar surface area (TPSA) is 64.6 Å². The highest BCUT2D eigenvalue weighted by atomic mass is 16.5. The Morgan fingerprint density at radius 3 is 2.67 bits per heavy atom. The van der Waals surface area contributed by atoms with Crippen molar-refractivity contribution in [2.45, 2.75) is 18.4 Å². The first-order chi connectivity index (χ1) is 11.7. The van der Waals surface area contributed by atoms with Gasteiger partial charge < -0.3 is 14.4 Å². The Balaban J connectivity index is 1.68. The number of likely N-dealkylation sites (tertiary alicyclic amines) is 1. The maximum absolute atomic E-state index is 12.6. The predicted octanol–water partition coefficient (Wildman–Crippen LogP) is 2.18. The summed E-state index contributed by atoms with van der Waals surface area (Å²) in [6.45, 7) is 1.54. The van der Waals surface area contributed by atoms with Gasteiger partial charge in [0, 0.05) is 26.0 Å².